The van der Waals surface area contributed by atoms with Crippen molar-refractivity contribution < 1.29 is 14.3 Å². The minimum atomic E-state index is -0.576. The van der Waals surface area contributed by atoms with Gasteiger partial charge in [-0.25, -0.2) is 9.79 Å². The molecule has 1 heterocycles. The first kappa shape index (κ1) is 12.4. The SMILES string of the molecule is COc1ccc(C2=NC(c3ccccc3)C(=O)O2)cc1. The molecule has 1 aliphatic heterocycles. The smallest absolute Gasteiger partial charge is 0.342 e. The van der Waals surface area contributed by atoms with Crippen molar-refractivity contribution in [1.82, 2.24) is 0 Å². The van der Waals surface area contributed by atoms with Crippen LogP contribution in [0, 0.1) is 0 Å². The number of ether oxygens (including phenoxy) is 2. The predicted octanol–water partition coefficient (Wildman–Crippen LogP) is 2.74. The van der Waals surface area contributed by atoms with Crippen molar-refractivity contribution in [3.63, 3.8) is 0 Å². The number of carbonyl (C=O) groups excluding carboxylic acids is 1. The van der Waals surface area contributed by atoms with Crippen molar-refractivity contribution >= 4 is 11.9 Å². The predicted molar refractivity (Wildman–Crippen MR) is 74.8 cm³/mol. The molecule has 0 saturated carbocycles. The monoisotopic (exact) mass is 267 g/mol. The van der Waals surface area contributed by atoms with E-state index in [2.05, 4.69) is 4.99 Å². The van der Waals surface area contributed by atoms with E-state index < -0.39 is 6.04 Å². The third-order valence-corrected chi connectivity index (χ3v) is 3.12. The highest BCUT2D eigenvalue weighted by atomic mass is 16.6. The summed E-state index contributed by atoms with van der Waals surface area (Å²) in [7, 11) is 1.60. The van der Waals surface area contributed by atoms with Crippen LogP contribution < -0.4 is 4.74 Å². The Bertz CT molecular complexity index is 647. The van der Waals surface area contributed by atoms with Gasteiger partial charge in [-0.15, -0.1) is 0 Å². The normalized spacial score (nSPS) is 17.6. The number of nitrogens with zero attached hydrogens (tertiary/aromatic N) is 1. The molecular weight excluding hydrogens is 254 g/mol. The topological polar surface area (TPSA) is 47.9 Å². The summed E-state index contributed by atoms with van der Waals surface area (Å²) < 4.78 is 10.4. The van der Waals surface area contributed by atoms with E-state index in [9.17, 15) is 4.79 Å². The van der Waals surface area contributed by atoms with Gasteiger partial charge in [0.2, 0.25) is 5.90 Å². The van der Waals surface area contributed by atoms with Crippen LogP contribution in [0.25, 0.3) is 0 Å². The van der Waals surface area contributed by atoms with E-state index in [0.29, 0.717) is 5.90 Å². The van der Waals surface area contributed by atoms with Gasteiger partial charge >= 0.3 is 5.97 Å². The van der Waals surface area contributed by atoms with Crippen molar-refractivity contribution in [3.8, 4) is 5.75 Å². The number of cyclic esters (lactones) is 1. The molecule has 20 heavy (non-hydrogen) atoms. The molecule has 1 unspecified atom stereocenters. The molecule has 4 heteroatoms. The zero-order chi connectivity index (χ0) is 13.9. The second-order valence-electron chi connectivity index (χ2n) is 4.40. The van der Waals surface area contributed by atoms with Crippen LogP contribution in [0.15, 0.2) is 59.6 Å². The Balaban J connectivity index is 1.89. The van der Waals surface area contributed by atoms with Gasteiger partial charge < -0.3 is 9.47 Å². The Hall–Kier alpha value is -2.62. The Morgan fingerprint density at radius 3 is 2.40 bits per heavy atom. The maximum atomic E-state index is 11.9. The van der Waals surface area contributed by atoms with Crippen LogP contribution in [0.3, 0.4) is 0 Å². The molecule has 0 radical (unpaired) electrons. The molecule has 4 nitrogen and oxygen atoms in total. The quantitative estimate of drug-likeness (QED) is 0.803. The minimum absolute atomic E-state index is 0.345. The number of methoxy groups -OCH3 is 1. The van der Waals surface area contributed by atoms with Crippen LogP contribution in [0.4, 0.5) is 0 Å². The minimum Gasteiger partial charge on any atom is -0.497 e. The van der Waals surface area contributed by atoms with Gasteiger partial charge in [-0.1, -0.05) is 30.3 Å². The molecule has 2 aromatic rings. The summed E-state index contributed by atoms with van der Waals surface area (Å²) in [5.41, 5.74) is 1.60. The third kappa shape index (κ3) is 2.28. The molecule has 2 aromatic carbocycles. The number of rotatable bonds is 3. The van der Waals surface area contributed by atoms with E-state index >= 15 is 0 Å². The zero-order valence-electron chi connectivity index (χ0n) is 10.9. The van der Waals surface area contributed by atoms with E-state index in [-0.39, 0.29) is 5.97 Å². The third-order valence-electron chi connectivity index (χ3n) is 3.12. The number of hydrogen-bond donors (Lipinski definition) is 0. The van der Waals surface area contributed by atoms with Crippen molar-refractivity contribution in [1.29, 1.82) is 0 Å². The van der Waals surface area contributed by atoms with Crippen LogP contribution in [-0.4, -0.2) is 19.0 Å². The average Bonchev–Trinajstić information content (AvgIpc) is 2.90. The fraction of sp³-hybridized carbons (Fsp3) is 0.125. The molecule has 0 saturated heterocycles. The molecule has 1 atom stereocenters. The summed E-state index contributed by atoms with van der Waals surface area (Å²) in [4.78, 5) is 16.3. The fourth-order valence-corrected chi connectivity index (χ4v) is 2.06. The summed E-state index contributed by atoms with van der Waals surface area (Å²) in [5.74, 6) is 0.756. The Morgan fingerprint density at radius 2 is 1.75 bits per heavy atom. The number of carbonyl (C=O) groups is 1. The van der Waals surface area contributed by atoms with Crippen LogP contribution in [0.1, 0.15) is 17.2 Å². The van der Waals surface area contributed by atoms with E-state index in [1.807, 2.05) is 54.6 Å². The van der Waals surface area contributed by atoms with E-state index in [1.54, 1.807) is 7.11 Å². The maximum Gasteiger partial charge on any atom is 0.342 e. The second-order valence-corrected chi connectivity index (χ2v) is 4.40. The lowest BCUT2D eigenvalue weighted by molar-refractivity contribution is -0.135. The van der Waals surface area contributed by atoms with Crippen molar-refractivity contribution in [2.24, 2.45) is 4.99 Å². The maximum absolute atomic E-state index is 11.9. The average molecular weight is 267 g/mol. The number of aliphatic imine (C=N–C) groups is 1. The largest absolute Gasteiger partial charge is 0.497 e. The van der Waals surface area contributed by atoms with Gasteiger partial charge in [-0.05, 0) is 29.8 Å². The molecule has 1 aliphatic rings. The van der Waals surface area contributed by atoms with E-state index in [0.717, 1.165) is 16.9 Å². The lowest BCUT2D eigenvalue weighted by Crippen LogP contribution is -2.08. The van der Waals surface area contributed by atoms with Gasteiger partial charge in [0.1, 0.15) is 5.75 Å². The first-order valence-corrected chi connectivity index (χ1v) is 6.27. The van der Waals surface area contributed by atoms with Gasteiger partial charge in [-0.2, -0.15) is 0 Å². The molecular formula is C16H13NO3. The summed E-state index contributed by atoms with van der Waals surface area (Å²) in [5, 5.41) is 0. The van der Waals surface area contributed by atoms with Crippen LogP contribution in [-0.2, 0) is 9.53 Å². The van der Waals surface area contributed by atoms with Gasteiger partial charge in [0.25, 0.3) is 0 Å². The fourth-order valence-electron chi connectivity index (χ4n) is 2.06. The standard InChI is InChI=1S/C16H13NO3/c1-19-13-9-7-12(8-10-13)15-17-14(16(18)20-15)11-5-3-2-4-6-11/h2-10,14H,1H3. The highest BCUT2D eigenvalue weighted by Gasteiger charge is 2.30. The van der Waals surface area contributed by atoms with E-state index in [4.69, 9.17) is 9.47 Å². The molecule has 0 aliphatic carbocycles. The summed E-state index contributed by atoms with van der Waals surface area (Å²) >= 11 is 0. The summed E-state index contributed by atoms with van der Waals surface area (Å²) in [6, 6.07) is 16.1. The second kappa shape index (κ2) is 5.17. The van der Waals surface area contributed by atoms with Gasteiger partial charge in [0, 0.05) is 5.56 Å². The zero-order valence-corrected chi connectivity index (χ0v) is 10.9. The first-order valence-electron chi connectivity index (χ1n) is 6.27. The lowest BCUT2D eigenvalue weighted by Gasteiger charge is -2.02. The molecule has 0 aromatic heterocycles. The van der Waals surface area contributed by atoms with Crippen molar-refractivity contribution in [3.05, 3.63) is 65.7 Å². The van der Waals surface area contributed by atoms with Crippen LogP contribution in [0.5, 0.6) is 5.75 Å². The molecule has 0 bridgehead atoms. The van der Waals surface area contributed by atoms with Crippen LogP contribution >= 0.6 is 0 Å². The highest BCUT2D eigenvalue weighted by Crippen LogP contribution is 2.26. The number of esters is 1. The Kier molecular flexibility index (Phi) is 3.21. The summed E-state index contributed by atoms with van der Waals surface area (Å²) in [6.07, 6.45) is 0. The van der Waals surface area contributed by atoms with Gasteiger partial charge in [0.15, 0.2) is 6.04 Å². The first-order chi connectivity index (χ1) is 9.78. The van der Waals surface area contributed by atoms with Crippen molar-refractivity contribution in [2.75, 3.05) is 7.11 Å². The molecule has 100 valence electrons. The molecule has 0 spiro atoms. The molecule has 0 N–H and O–H groups in total. The molecule has 3 rings (SSSR count). The number of benzene rings is 2. The van der Waals surface area contributed by atoms with Gasteiger partial charge in [0.05, 0.1) is 7.11 Å². The number of hydrogen-bond acceptors (Lipinski definition) is 4. The van der Waals surface area contributed by atoms with E-state index in [1.165, 1.54) is 0 Å². The molecule has 0 fully saturated rings. The lowest BCUT2D eigenvalue weighted by atomic mass is 10.1. The van der Waals surface area contributed by atoms with Crippen molar-refractivity contribution in [2.45, 2.75) is 6.04 Å². The highest BCUT2D eigenvalue weighted by molar-refractivity contribution is 6.06. The Labute approximate surface area is 116 Å². The summed E-state index contributed by atoms with van der Waals surface area (Å²) in [6.45, 7) is 0. The van der Waals surface area contributed by atoms with Gasteiger partial charge in [-0.3, -0.25) is 0 Å². The Morgan fingerprint density at radius 1 is 1.05 bits per heavy atom. The molecule has 0 amide bonds. The van der Waals surface area contributed by atoms with Crippen LogP contribution in [0.2, 0.25) is 0 Å².